The van der Waals surface area contributed by atoms with E-state index < -0.39 is 0 Å². The van der Waals surface area contributed by atoms with Gasteiger partial charge >= 0.3 is 0 Å². The van der Waals surface area contributed by atoms with E-state index in [0.29, 0.717) is 0 Å². The van der Waals surface area contributed by atoms with Gasteiger partial charge in [-0.05, 0) is 0 Å². The summed E-state index contributed by atoms with van der Waals surface area (Å²) in [4.78, 5) is 16.7. The molecular weight excluding hydrogens is 249 g/mol. The fraction of sp³-hybridized carbons (Fsp3) is 0. The molecule has 0 bridgehead atoms. The van der Waals surface area contributed by atoms with Crippen LogP contribution >= 0.6 is 0 Å². The molecule has 0 radical (unpaired) electrons. The van der Waals surface area contributed by atoms with Gasteiger partial charge in [-0.25, -0.2) is 0 Å². The van der Waals surface area contributed by atoms with E-state index in [9.17, 15) is 0 Å². The molecule has 0 aliphatic heterocycles. The molecule has 0 spiro atoms. The molecule has 86 valence electrons. The van der Waals surface area contributed by atoms with E-state index in [1.807, 2.05) is 0 Å². The second-order valence-corrected chi connectivity index (χ2v) is 0.211. The van der Waals surface area contributed by atoms with E-state index in [1.165, 1.54) is 0 Å². The van der Waals surface area contributed by atoms with Crippen LogP contribution in [0.3, 0.4) is 0 Å². The van der Waals surface area contributed by atoms with Crippen molar-refractivity contribution in [2.24, 2.45) is 0 Å². The number of carbonyl (C=O) groups is 2. The van der Waals surface area contributed by atoms with Crippen LogP contribution < -0.4 is 0 Å². The number of hydrogen-bond donors (Lipinski definition) is 2. The predicted molar refractivity (Wildman–Crippen MR) is 39.1 cm³/mol. The summed E-state index contributed by atoms with van der Waals surface area (Å²) >= 11 is 0. The summed E-state index contributed by atoms with van der Waals surface area (Å²) in [6.07, 6.45) is 0. The van der Waals surface area contributed by atoms with E-state index >= 15 is 0 Å². The zero-order chi connectivity index (χ0) is 5.41. The van der Waals surface area contributed by atoms with Crippen molar-refractivity contribution in [3.8, 4) is 0 Å². The first-order valence-electron chi connectivity index (χ1n) is 0.988. The minimum absolute atomic E-state index is 0. The van der Waals surface area contributed by atoms with Crippen molar-refractivity contribution < 1.29 is 72.1 Å². The maximum absolute atomic E-state index is 8.36. The first-order valence-corrected chi connectivity index (χ1v) is 0.988. The van der Waals surface area contributed by atoms with Gasteiger partial charge in [0.1, 0.15) is 0 Å². The fourth-order valence-corrected chi connectivity index (χ4v) is 0. The van der Waals surface area contributed by atoms with Crippen molar-refractivity contribution in [1.29, 1.82) is 0 Å². The number of hydrogen-bond acceptors (Lipinski definition) is 2. The van der Waals surface area contributed by atoms with Crippen molar-refractivity contribution in [3.63, 3.8) is 0 Å². The SMILES string of the molecule is O.O.O.O.O.O.O=CO.O=CO.[Zn]. The van der Waals surface area contributed by atoms with Crippen LogP contribution in [0.25, 0.3) is 0 Å². The summed E-state index contributed by atoms with van der Waals surface area (Å²) in [7, 11) is 0. The summed E-state index contributed by atoms with van der Waals surface area (Å²) in [5, 5.41) is 13.8. The molecule has 0 amide bonds. The third-order valence-corrected chi connectivity index (χ3v) is 0. The average Bonchev–Trinajstić information content (AvgIpc) is 1.39. The first kappa shape index (κ1) is 143. The topological polar surface area (TPSA) is 264 Å². The molecule has 0 unspecified atom stereocenters. The molecule has 0 saturated carbocycles. The molecule has 11 heteroatoms. The molecule has 0 atom stereocenters. The van der Waals surface area contributed by atoms with Crippen molar-refractivity contribution in [2.45, 2.75) is 0 Å². The van der Waals surface area contributed by atoms with Gasteiger partial charge in [0, 0.05) is 19.5 Å². The molecule has 13 heavy (non-hydrogen) atoms. The van der Waals surface area contributed by atoms with Crippen molar-refractivity contribution >= 4 is 12.9 Å². The molecule has 0 aliphatic carbocycles. The molecular formula is C2H16O10Zn. The van der Waals surface area contributed by atoms with Crippen LogP contribution in [-0.4, -0.2) is 56.0 Å². The van der Waals surface area contributed by atoms with Gasteiger partial charge < -0.3 is 43.1 Å². The number of rotatable bonds is 0. The van der Waals surface area contributed by atoms with Crippen LogP contribution in [0.1, 0.15) is 0 Å². The third kappa shape index (κ3) is 2150. The average molecular weight is 266 g/mol. The third-order valence-electron chi connectivity index (χ3n) is 0. The minimum Gasteiger partial charge on any atom is -0.483 e. The number of carboxylic acid groups (broad SMARTS) is 2. The van der Waals surface area contributed by atoms with Crippen LogP contribution in [0.2, 0.25) is 0 Å². The Morgan fingerprint density at radius 2 is 0.615 bits per heavy atom. The van der Waals surface area contributed by atoms with Gasteiger partial charge in [-0.1, -0.05) is 0 Å². The largest absolute Gasteiger partial charge is 0.483 e. The van der Waals surface area contributed by atoms with Gasteiger partial charge in [0.2, 0.25) is 0 Å². The van der Waals surface area contributed by atoms with E-state index in [2.05, 4.69) is 0 Å². The second-order valence-electron chi connectivity index (χ2n) is 0.211. The summed E-state index contributed by atoms with van der Waals surface area (Å²) in [5.74, 6) is 0. The Balaban J connectivity index is -0.00000000229. The summed E-state index contributed by atoms with van der Waals surface area (Å²) < 4.78 is 0. The van der Waals surface area contributed by atoms with Gasteiger partial charge in [0.15, 0.2) is 0 Å². The van der Waals surface area contributed by atoms with Crippen molar-refractivity contribution in [3.05, 3.63) is 0 Å². The second kappa shape index (κ2) is 689. The van der Waals surface area contributed by atoms with Crippen molar-refractivity contribution in [2.75, 3.05) is 0 Å². The molecule has 0 rings (SSSR count). The van der Waals surface area contributed by atoms with E-state index in [4.69, 9.17) is 19.8 Å². The first-order chi connectivity index (χ1) is 2.83. The van der Waals surface area contributed by atoms with Gasteiger partial charge in [-0.2, -0.15) is 0 Å². The minimum atomic E-state index is -0.250. The molecule has 0 aromatic heterocycles. The summed E-state index contributed by atoms with van der Waals surface area (Å²) in [6.45, 7) is -0.500. The Hall–Kier alpha value is -0.677. The Kier molecular flexibility index (Phi) is 7580. The van der Waals surface area contributed by atoms with Gasteiger partial charge in [0.25, 0.3) is 12.9 Å². The zero-order valence-corrected chi connectivity index (χ0v) is 9.54. The smallest absolute Gasteiger partial charge is 0.290 e. The van der Waals surface area contributed by atoms with Gasteiger partial charge in [-0.15, -0.1) is 0 Å². The van der Waals surface area contributed by atoms with Crippen LogP contribution in [0, 0.1) is 0 Å². The van der Waals surface area contributed by atoms with E-state index in [0.717, 1.165) is 0 Å². The summed E-state index contributed by atoms with van der Waals surface area (Å²) in [6, 6.07) is 0. The van der Waals surface area contributed by atoms with Crippen LogP contribution in [0.4, 0.5) is 0 Å². The van der Waals surface area contributed by atoms with Crippen LogP contribution in [0.5, 0.6) is 0 Å². The molecule has 0 fully saturated rings. The molecule has 0 aliphatic rings. The Morgan fingerprint density at radius 1 is 0.615 bits per heavy atom. The summed E-state index contributed by atoms with van der Waals surface area (Å²) in [5.41, 5.74) is 0. The maximum Gasteiger partial charge on any atom is 0.290 e. The monoisotopic (exact) mass is 264 g/mol. The molecule has 0 aromatic carbocycles. The Bertz CT molecular complexity index is 33.9. The zero-order valence-electron chi connectivity index (χ0n) is 6.57. The van der Waals surface area contributed by atoms with E-state index in [1.54, 1.807) is 0 Å². The molecule has 0 aromatic rings. The van der Waals surface area contributed by atoms with Gasteiger partial charge in [-0.3, -0.25) is 9.59 Å². The van der Waals surface area contributed by atoms with Crippen LogP contribution in [-0.2, 0) is 29.1 Å². The molecule has 0 heterocycles. The Morgan fingerprint density at radius 3 is 0.615 bits per heavy atom. The van der Waals surface area contributed by atoms with E-state index in [-0.39, 0.29) is 65.3 Å². The predicted octanol–water partition coefficient (Wildman–Crippen LogP) is -5.55. The molecule has 14 N–H and O–H groups in total. The van der Waals surface area contributed by atoms with Gasteiger partial charge in [0.05, 0.1) is 0 Å². The molecule has 10 nitrogen and oxygen atoms in total. The molecule has 0 saturated heterocycles. The normalized spacial score (nSPS) is 1.85. The van der Waals surface area contributed by atoms with Crippen LogP contribution in [0.15, 0.2) is 0 Å². The quantitative estimate of drug-likeness (QED) is 0.320. The maximum atomic E-state index is 8.36. The fourth-order valence-electron chi connectivity index (χ4n) is 0. The van der Waals surface area contributed by atoms with Crippen molar-refractivity contribution in [1.82, 2.24) is 0 Å². The Labute approximate surface area is 85.8 Å². The standard InChI is InChI=1S/2CH2O2.6H2O.Zn/c2*2-1-3;;;;;;;/h2*1H,(H,2,3);6*1H2;.